The zero-order valence-corrected chi connectivity index (χ0v) is 16.8. The maximum atomic E-state index is 11.6. The molecule has 0 aliphatic carbocycles. The van der Waals surface area contributed by atoms with Crippen molar-refractivity contribution in [3.05, 3.63) is 0 Å². The Morgan fingerprint density at radius 2 is 1.16 bits per heavy atom. The van der Waals surface area contributed by atoms with Crippen LogP contribution in [0.5, 0.6) is 0 Å². The Morgan fingerprint density at radius 3 is 1.72 bits per heavy atom. The topological polar surface area (TPSA) is 52.6 Å². The van der Waals surface area contributed by atoms with Crippen molar-refractivity contribution >= 4 is 11.9 Å². The first-order chi connectivity index (χ1) is 12.1. The van der Waals surface area contributed by atoms with Gasteiger partial charge in [0.05, 0.1) is 12.7 Å². The van der Waals surface area contributed by atoms with E-state index in [1.165, 1.54) is 44.9 Å². The van der Waals surface area contributed by atoms with Crippen LogP contribution < -0.4 is 0 Å². The molecule has 0 radical (unpaired) electrons. The Bertz CT molecular complexity index is 326. The molecule has 0 aromatic heterocycles. The van der Waals surface area contributed by atoms with Crippen LogP contribution in [-0.4, -0.2) is 24.6 Å². The molecule has 25 heavy (non-hydrogen) atoms. The molecular formula is C21H40O4. The lowest BCUT2D eigenvalue weighted by atomic mass is 10.1. The van der Waals surface area contributed by atoms with Gasteiger partial charge < -0.3 is 9.47 Å². The van der Waals surface area contributed by atoms with Crippen LogP contribution in [-0.2, 0) is 19.1 Å². The summed E-state index contributed by atoms with van der Waals surface area (Å²) >= 11 is 0. The van der Waals surface area contributed by atoms with E-state index in [-0.39, 0.29) is 18.0 Å². The smallest absolute Gasteiger partial charge is 0.306 e. The Kier molecular flexibility index (Phi) is 17.0. The number of carbonyl (C=O) groups excluding carboxylic acids is 2. The first-order valence-electron chi connectivity index (χ1n) is 10.4. The Labute approximate surface area is 155 Å². The number of hydrogen-bond acceptors (Lipinski definition) is 4. The van der Waals surface area contributed by atoms with Crippen molar-refractivity contribution < 1.29 is 19.1 Å². The maximum absolute atomic E-state index is 11.6. The fourth-order valence-electron chi connectivity index (χ4n) is 2.71. The van der Waals surface area contributed by atoms with Crippen LogP contribution in [0.25, 0.3) is 0 Å². The van der Waals surface area contributed by atoms with Crippen LogP contribution in [0.3, 0.4) is 0 Å². The highest BCUT2D eigenvalue weighted by Gasteiger charge is 2.06. The number of esters is 2. The molecular weight excluding hydrogens is 316 g/mol. The Morgan fingerprint density at radius 1 is 0.680 bits per heavy atom. The van der Waals surface area contributed by atoms with Gasteiger partial charge in [-0.05, 0) is 33.1 Å². The van der Waals surface area contributed by atoms with Gasteiger partial charge in [-0.25, -0.2) is 0 Å². The molecule has 4 nitrogen and oxygen atoms in total. The van der Waals surface area contributed by atoms with Crippen molar-refractivity contribution in [3.63, 3.8) is 0 Å². The molecule has 4 heteroatoms. The summed E-state index contributed by atoms with van der Waals surface area (Å²) in [6.07, 6.45) is 14.7. The lowest BCUT2D eigenvalue weighted by Crippen LogP contribution is -2.11. The summed E-state index contributed by atoms with van der Waals surface area (Å²) in [5.74, 6) is -0.257. The Hall–Kier alpha value is -1.06. The second-order valence-electron chi connectivity index (χ2n) is 7.15. The van der Waals surface area contributed by atoms with E-state index in [4.69, 9.17) is 9.47 Å². The van der Waals surface area contributed by atoms with E-state index in [0.717, 1.165) is 32.1 Å². The zero-order valence-electron chi connectivity index (χ0n) is 16.8. The summed E-state index contributed by atoms with van der Waals surface area (Å²) < 4.78 is 10.3. The summed E-state index contributed by atoms with van der Waals surface area (Å²) in [5, 5.41) is 0. The predicted molar refractivity (Wildman–Crippen MR) is 102 cm³/mol. The SMILES string of the molecule is CCCCCCCCCCCOC(=O)CCCCCC(=O)OC(C)C. The van der Waals surface area contributed by atoms with Crippen LogP contribution in [0.4, 0.5) is 0 Å². The van der Waals surface area contributed by atoms with Gasteiger partial charge in [0.2, 0.25) is 0 Å². The van der Waals surface area contributed by atoms with Gasteiger partial charge in [0, 0.05) is 12.8 Å². The van der Waals surface area contributed by atoms with Crippen molar-refractivity contribution in [2.24, 2.45) is 0 Å². The van der Waals surface area contributed by atoms with E-state index in [2.05, 4.69) is 6.92 Å². The molecule has 0 saturated carbocycles. The number of hydrogen-bond donors (Lipinski definition) is 0. The summed E-state index contributed by atoms with van der Waals surface area (Å²) in [6, 6.07) is 0. The molecule has 0 heterocycles. The highest BCUT2D eigenvalue weighted by atomic mass is 16.5. The van der Waals surface area contributed by atoms with Gasteiger partial charge >= 0.3 is 11.9 Å². The van der Waals surface area contributed by atoms with Gasteiger partial charge in [0.1, 0.15) is 0 Å². The van der Waals surface area contributed by atoms with Crippen LogP contribution in [0.1, 0.15) is 111 Å². The van der Waals surface area contributed by atoms with E-state index in [9.17, 15) is 9.59 Å². The minimum atomic E-state index is -0.150. The van der Waals surface area contributed by atoms with E-state index in [0.29, 0.717) is 19.4 Å². The lowest BCUT2D eigenvalue weighted by molar-refractivity contribution is -0.147. The number of unbranched alkanes of at least 4 members (excludes halogenated alkanes) is 10. The fraction of sp³-hybridized carbons (Fsp3) is 0.905. The first kappa shape index (κ1) is 23.9. The predicted octanol–water partition coefficient (Wildman–Crippen LogP) is 5.96. The standard InChI is InChI=1S/C21H40O4/c1-4-5-6-7-8-9-10-11-15-18-24-20(22)16-13-12-14-17-21(23)25-19(2)3/h19H,4-18H2,1-3H3. The van der Waals surface area contributed by atoms with Crippen molar-refractivity contribution in [1.29, 1.82) is 0 Å². The molecule has 148 valence electrons. The number of carbonyl (C=O) groups is 2. The monoisotopic (exact) mass is 356 g/mol. The maximum Gasteiger partial charge on any atom is 0.306 e. The summed E-state index contributed by atoms with van der Waals surface area (Å²) in [7, 11) is 0. The van der Waals surface area contributed by atoms with E-state index < -0.39 is 0 Å². The summed E-state index contributed by atoms with van der Waals surface area (Å²) in [5.41, 5.74) is 0. The van der Waals surface area contributed by atoms with Gasteiger partial charge in [0.15, 0.2) is 0 Å². The number of ether oxygens (including phenoxy) is 2. The van der Waals surface area contributed by atoms with E-state index in [1.54, 1.807) is 0 Å². The van der Waals surface area contributed by atoms with Gasteiger partial charge in [-0.2, -0.15) is 0 Å². The van der Waals surface area contributed by atoms with Crippen molar-refractivity contribution in [1.82, 2.24) is 0 Å². The summed E-state index contributed by atoms with van der Waals surface area (Å²) in [4.78, 5) is 23.0. The molecule has 0 bridgehead atoms. The molecule has 0 unspecified atom stereocenters. The molecule has 0 aromatic rings. The van der Waals surface area contributed by atoms with Gasteiger partial charge in [-0.3, -0.25) is 9.59 Å². The molecule has 0 fully saturated rings. The van der Waals surface area contributed by atoms with Gasteiger partial charge in [-0.15, -0.1) is 0 Å². The average Bonchev–Trinajstić information content (AvgIpc) is 2.55. The highest BCUT2D eigenvalue weighted by Crippen LogP contribution is 2.10. The molecule has 0 N–H and O–H groups in total. The molecule has 0 spiro atoms. The van der Waals surface area contributed by atoms with Gasteiger partial charge in [0.25, 0.3) is 0 Å². The molecule has 0 atom stereocenters. The fourth-order valence-corrected chi connectivity index (χ4v) is 2.71. The minimum Gasteiger partial charge on any atom is -0.466 e. The lowest BCUT2D eigenvalue weighted by Gasteiger charge is -2.07. The molecule has 0 aliphatic heterocycles. The second-order valence-corrected chi connectivity index (χ2v) is 7.15. The van der Waals surface area contributed by atoms with Crippen LogP contribution in [0, 0.1) is 0 Å². The van der Waals surface area contributed by atoms with Crippen molar-refractivity contribution in [3.8, 4) is 0 Å². The molecule has 0 aliphatic rings. The van der Waals surface area contributed by atoms with Gasteiger partial charge in [-0.1, -0.05) is 64.7 Å². The summed E-state index contributed by atoms with van der Waals surface area (Å²) in [6.45, 7) is 6.49. The number of rotatable bonds is 17. The Balaban J connectivity index is 3.27. The molecule has 0 rings (SSSR count). The van der Waals surface area contributed by atoms with Crippen LogP contribution in [0.2, 0.25) is 0 Å². The van der Waals surface area contributed by atoms with Crippen LogP contribution in [0.15, 0.2) is 0 Å². The van der Waals surface area contributed by atoms with E-state index >= 15 is 0 Å². The molecule has 0 aromatic carbocycles. The largest absolute Gasteiger partial charge is 0.466 e. The molecule has 0 amide bonds. The normalized spacial score (nSPS) is 10.9. The third-order valence-corrected chi connectivity index (χ3v) is 4.14. The molecule has 0 saturated heterocycles. The second kappa shape index (κ2) is 17.8. The van der Waals surface area contributed by atoms with E-state index in [1.807, 2.05) is 13.8 Å². The quantitative estimate of drug-likeness (QED) is 0.238. The minimum absolute atomic E-state index is 0.0523. The first-order valence-corrected chi connectivity index (χ1v) is 10.4. The van der Waals surface area contributed by atoms with Crippen LogP contribution >= 0.6 is 0 Å². The zero-order chi connectivity index (χ0) is 18.8. The third-order valence-electron chi connectivity index (χ3n) is 4.14. The average molecular weight is 357 g/mol. The third kappa shape index (κ3) is 19.1. The van der Waals surface area contributed by atoms with Crippen molar-refractivity contribution in [2.45, 2.75) is 117 Å². The van der Waals surface area contributed by atoms with Crippen molar-refractivity contribution in [2.75, 3.05) is 6.61 Å². The highest BCUT2D eigenvalue weighted by molar-refractivity contribution is 5.70.